The van der Waals surface area contributed by atoms with Crippen LogP contribution in [0.5, 0.6) is 0 Å². The van der Waals surface area contributed by atoms with Crippen molar-refractivity contribution in [1.29, 1.82) is 0 Å². The van der Waals surface area contributed by atoms with E-state index in [1.807, 2.05) is 36.4 Å². The first kappa shape index (κ1) is 31.4. The van der Waals surface area contributed by atoms with Crippen molar-refractivity contribution >= 4 is 19.9 Å². The summed E-state index contributed by atoms with van der Waals surface area (Å²) in [4.78, 5) is 2.25. The van der Waals surface area contributed by atoms with Gasteiger partial charge in [0.05, 0.1) is 10.6 Å². The summed E-state index contributed by atoms with van der Waals surface area (Å²) in [6, 6.07) is 24.8. The van der Waals surface area contributed by atoms with Gasteiger partial charge in [0.15, 0.2) is 8.32 Å². The molecular formula is C32H41ClF3NOSi. The zero-order valence-corrected chi connectivity index (χ0v) is 25.6. The van der Waals surface area contributed by atoms with Crippen molar-refractivity contribution in [3.63, 3.8) is 0 Å². The predicted molar refractivity (Wildman–Crippen MR) is 159 cm³/mol. The molecule has 0 radical (unpaired) electrons. The van der Waals surface area contributed by atoms with Crippen molar-refractivity contribution in [3.05, 3.63) is 106 Å². The molecule has 0 aliphatic heterocycles. The van der Waals surface area contributed by atoms with E-state index in [0.717, 1.165) is 23.6 Å². The quantitative estimate of drug-likeness (QED) is 0.211. The number of rotatable bonds is 11. The van der Waals surface area contributed by atoms with Crippen molar-refractivity contribution in [3.8, 4) is 0 Å². The zero-order chi connectivity index (χ0) is 28.8. The predicted octanol–water partition coefficient (Wildman–Crippen LogP) is 9.79. The first-order valence-electron chi connectivity index (χ1n) is 13.5. The van der Waals surface area contributed by atoms with Gasteiger partial charge in [-0.15, -0.1) is 0 Å². The number of hydrogen-bond donors (Lipinski definition) is 0. The van der Waals surface area contributed by atoms with Crippen molar-refractivity contribution in [2.24, 2.45) is 0 Å². The van der Waals surface area contributed by atoms with Crippen LogP contribution in [0.3, 0.4) is 0 Å². The molecule has 0 fully saturated rings. The van der Waals surface area contributed by atoms with Crippen molar-refractivity contribution in [2.75, 3.05) is 13.2 Å². The van der Waals surface area contributed by atoms with E-state index in [4.69, 9.17) is 16.0 Å². The fraction of sp³-hybridized carbons (Fsp3) is 0.438. The molecule has 3 aromatic carbocycles. The van der Waals surface area contributed by atoms with E-state index in [9.17, 15) is 13.2 Å². The standard InChI is InChI=1S/C32H41ClF3NOSi/c1-24(20-21-38-39(5,6)31(2,3)4)37(22-27-18-13-19-29(30(27)33)32(34,35)36)23-28(25-14-9-7-10-15-25)26-16-11-8-12-17-26/h7-19,24,28H,20-23H2,1-6H3/t24-/m1/s1. The molecule has 0 bridgehead atoms. The van der Waals surface area contributed by atoms with Crippen molar-refractivity contribution in [1.82, 2.24) is 4.90 Å². The molecule has 0 aliphatic carbocycles. The Kier molecular flexibility index (Phi) is 10.5. The van der Waals surface area contributed by atoms with Crippen LogP contribution < -0.4 is 0 Å². The Labute approximate surface area is 238 Å². The van der Waals surface area contributed by atoms with Crippen molar-refractivity contribution in [2.45, 2.75) is 76.9 Å². The summed E-state index contributed by atoms with van der Waals surface area (Å²) < 4.78 is 47.4. The number of hydrogen-bond acceptors (Lipinski definition) is 2. The van der Waals surface area contributed by atoms with Crippen LogP contribution in [-0.4, -0.2) is 32.4 Å². The summed E-state index contributed by atoms with van der Waals surface area (Å²) in [5.41, 5.74) is 2.00. The van der Waals surface area contributed by atoms with Gasteiger partial charge in [0.2, 0.25) is 0 Å². The van der Waals surface area contributed by atoms with Gasteiger partial charge in [-0.1, -0.05) is 105 Å². The summed E-state index contributed by atoms with van der Waals surface area (Å²) in [5, 5.41) is -0.122. The highest BCUT2D eigenvalue weighted by Gasteiger charge is 2.37. The molecule has 0 spiro atoms. The summed E-state index contributed by atoms with van der Waals surface area (Å²) in [6.07, 6.45) is -3.74. The lowest BCUT2D eigenvalue weighted by Crippen LogP contribution is -2.42. The van der Waals surface area contributed by atoms with Gasteiger partial charge in [-0.2, -0.15) is 13.2 Å². The Bertz CT molecular complexity index is 1140. The fourth-order valence-corrected chi connectivity index (χ4v) is 5.79. The second kappa shape index (κ2) is 13.0. The Hall–Kier alpha value is -2.12. The first-order valence-corrected chi connectivity index (χ1v) is 16.8. The molecule has 7 heteroatoms. The smallest absolute Gasteiger partial charge is 0.417 e. The summed E-state index contributed by atoms with van der Waals surface area (Å²) in [7, 11) is -1.92. The number of benzene rings is 3. The molecular weight excluding hydrogens is 535 g/mol. The third-order valence-electron chi connectivity index (χ3n) is 8.01. The highest BCUT2D eigenvalue weighted by Crippen LogP contribution is 2.38. The highest BCUT2D eigenvalue weighted by atomic mass is 35.5. The molecule has 1 atom stereocenters. The average Bonchev–Trinajstić information content (AvgIpc) is 2.87. The highest BCUT2D eigenvalue weighted by molar-refractivity contribution is 6.74. The van der Waals surface area contributed by atoms with Gasteiger partial charge >= 0.3 is 6.18 Å². The van der Waals surface area contributed by atoms with Crippen LogP contribution in [0.15, 0.2) is 78.9 Å². The van der Waals surface area contributed by atoms with Crippen LogP contribution in [-0.2, 0) is 17.1 Å². The topological polar surface area (TPSA) is 12.5 Å². The maximum absolute atomic E-state index is 13.6. The first-order chi connectivity index (χ1) is 18.2. The molecule has 0 aromatic heterocycles. The molecule has 0 heterocycles. The fourth-order valence-electron chi connectivity index (χ4n) is 4.43. The molecule has 3 aromatic rings. The third-order valence-corrected chi connectivity index (χ3v) is 13.0. The minimum absolute atomic E-state index is 0.0423. The van der Waals surface area contributed by atoms with Crippen LogP contribution in [0.25, 0.3) is 0 Å². The van der Waals surface area contributed by atoms with E-state index in [2.05, 4.69) is 70.0 Å². The van der Waals surface area contributed by atoms with Gasteiger partial charge in [-0.3, -0.25) is 4.90 Å². The second-order valence-corrected chi connectivity index (χ2v) is 17.0. The van der Waals surface area contributed by atoms with Crippen LogP contribution >= 0.6 is 11.6 Å². The SMILES string of the molecule is C[C@H](CCO[Si](C)(C)C(C)(C)C)N(Cc1cccc(C(F)(F)F)c1Cl)CC(c1ccccc1)c1ccccc1. The second-order valence-electron chi connectivity index (χ2n) is 11.8. The maximum atomic E-state index is 13.6. The minimum Gasteiger partial charge on any atom is -0.417 e. The molecule has 0 N–H and O–H groups in total. The van der Waals surface area contributed by atoms with E-state index in [0.29, 0.717) is 25.3 Å². The molecule has 0 saturated carbocycles. The summed E-state index contributed by atoms with van der Waals surface area (Å²) in [6.45, 7) is 14.8. The largest absolute Gasteiger partial charge is 0.417 e. The molecule has 0 unspecified atom stereocenters. The van der Waals surface area contributed by atoms with Crippen LogP contribution in [0, 0.1) is 0 Å². The number of nitrogens with zero attached hydrogens (tertiary/aromatic N) is 1. The van der Waals surface area contributed by atoms with E-state index in [1.54, 1.807) is 6.07 Å². The zero-order valence-electron chi connectivity index (χ0n) is 23.9. The lowest BCUT2D eigenvalue weighted by Gasteiger charge is -2.38. The molecule has 212 valence electrons. The van der Waals surface area contributed by atoms with Gasteiger partial charge in [0.1, 0.15) is 0 Å². The average molecular weight is 576 g/mol. The number of alkyl halides is 3. The normalized spacial score (nSPS) is 13.7. The molecule has 3 rings (SSSR count). The molecule has 2 nitrogen and oxygen atoms in total. The van der Waals surface area contributed by atoms with Crippen LogP contribution in [0.1, 0.15) is 62.3 Å². The van der Waals surface area contributed by atoms with Crippen LogP contribution in [0.2, 0.25) is 23.2 Å². The third kappa shape index (κ3) is 8.43. The molecule has 0 aliphatic rings. The monoisotopic (exact) mass is 575 g/mol. The minimum atomic E-state index is -4.50. The van der Waals surface area contributed by atoms with Crippen molar-refractivity contribution < 1.29 is 17.6 Å². The molecule has 0 amide bonds. The van der Waals surface area contributed by atoms with Gasteiger partial charge in [0, 0.05) is 31.7 Å². The summed E-state index contributed by atoms with van der Waals surface area (Å²) >= 11 is 6.36. The number of halogens is 4. The lowest BCUT2D eigenvalue weighted by atomic mass is 9.90. The molecule has 39 heavy (non-hydrogen) atoms. The Morgan fingerprint density at radius 3 is 1.87 bits per heavy atom. The van der Waals surface area contributed by atoms with Gasteiger partial charge < -0.3 is 4.43 Å². The van der Waals surface area contributed by atoms with E-state index < -0.39 is 20.1 Å². The Morgan fingerprint density at radius 1 is 0.846 bits per heavy atom. The lowest BCUT2D eigenvalue weighted by molar-refractivity contribution is -0.137. The van der Waals surface area contributed by atoms with Gasteiger partial charge in [0.25, 0.3) is 0 Å². The summed E-state index contributed by atoms with van der Waals surface area (Å²) in [5.74, 6) is 0.0423. The van der Waals surface area contributed by atoms with E-state index in [-0.39, 0.29) is 22.0 Å². The van der Waals surface area contributed by atoms with Gasteiger partial charge in [-0.25, -0.2) is 0 Å². The van der Waals surface area contributed by atoms with Gasteiger partial charge in [-0.05, 0) is 54.2 Å². The Morgan fingerprint density at radius 2 is 1.38 bits per heavy atom. The maximum Gasteiger partial charge on any atom is 0.417 e. The van der Waals surface area contributed by atoms with E-state index in [1.165, 1.54) is 6.07 Å². The van der Waals surface area contributed by atoms with Crippen LogP contribution in [0.4, 0.5) is 13.2 Å². The van der Waals surface area contributed by atoms with E-state index >= 15 is 0 Å². The molecule has 0 saturated heterocycles. The Balaban J connectivity index is 1.93.